The SMILES string of the molecule is CO[C@]1(C)C[C@H](O[C@H]2[C@H](C)[C@@H](O[C@@H]3O[C@H](C)C[C@H](N(C)C)[C@H]3O)[C@](C)(O)C[C@@H](C)CN(C)C(=O)CCNC(=O)[C@@H]2C)O[C@@H](C)[C@@H]1O. The molecule has 3 heterocycles. The van der Waals surface area contributed by atoms with Gasteiger partial charge in [0.05, 0.1) is 41.5 Å². The summed E-state index contributed by atoms with van der Waals surface area (Å²) in [6.45, 7) is 13.2. The molecule has 268 valence electrons. The number of carbonyl (C=O) groups excluding carboxylic acids is 2. The molecule has 0 aromatic rings. The summed E-state index contributed by atoms with van der Waals surface area (Å²) in [4.78, 5) is 30.0. The van der Waals surface area contributed by atoms with Gasteiger partial charge in [0, 0.05) is 52.0 Å². The fraction of sp³-hybridized carbons (Fsp3) is 0.939. The van der Waals surface area contributed by atoms with Crippen molar-refractivity contribution in [3.63, 3.8) is 0 Å². The van der Waals surface area contributed by atoms with Crippen molar-refractivity contribution in [3.05, 3.63) is 0 Å². The smallest absolute Gasteiger partial charge is 0.225 e. The molecule has 3 aliphatic heterocycles. The summed E-state index contributed by atoms with van der Waals surface area (Å²) in [6.07, 6.45) is -5.29. The lowest BCUT2D eigenvalue weighted by atomic mass is 9.77. The summed E-state index contributed by atoms with van der Waals surface area (Å²) in [5.41, 5.74) is -2.46. The Kier molecular flexibility index (Phi) is 13.5. The van der Waals surface area contributed by atoms with Crippen LogP contribution in [0.5, 0.6) is 0 Å². The van der Waals surface area contributed by atoms with Crippen molar-refractivity contribution in [2.24, 2.45) is 17.8 Å². The van der Waals surface area contributed by atoms with E-state index in [2.05, 4.69) is 5.32 Å². The van der Waals surface area contributed by atoms with E-state index in [-0.39, 0.29) is 55.7 Å². The first-order valence-electron chi connectivity index (χ1n) is 16.7. The molecule has 46 heavy (non-hydrogen) atoms. The molecule has 3 fully saturated rings. The first-order valence-corrected chi connectivity index (χ1v) is 16.7. The lowest BCUT2D eigenvalue weighted by Crippen LogP contribution is -2.60. The standard InChI is InChI=1S/C33H61N3O10/c1-18-15-32(6,41)29(46-31-26(38)23(35(8)9)14-19(2)43-31)20(3)27(21(4)30(40)34-13-12-24(37)36(10)17-18)45-25-16-33(7,42-11)28(39)22(5)44-25/h18-23,25-29,31,38-39,41H,12-17H2,1-11H3,(H,34,40)/t18-,19-,20+,21-,22+,23+,25+,26-,27+,28+,29-,31+,32-,33-/m1/s1. The maximum atomic E-state index is 13.6. The quantitative estimate of drug-likeness (QED) is 0.324. The van der Waals surface area contributed by atoms with E-state index in [0.29, 0.717) is 13.0 Å². The van der Waals surface area contributed by atoms with Gasteiger partial charge < -0.3 is 54.1 Å². The fourth-order valence-corrected chi connectivity index (χ4v) is 7.52. The third-order valence-electron chi connectivity index (χ3n) is 10.3. The van der Waals surface area contributed by atoms with Gasteiger partial charge in [-0.2, -0.15) is 0 Å². The zero-order valence-corrected chi connectivity index (χ0v) is 29.8. The molecule has 13 nitrogen and oxygen atoms in total. The van der Waals surface area contributed by atoms with Gasteiger partial charge in [0.15, 0.2) is 12.6 Å². The molecule has 2 amide bonds. The van der Waals surface area contributed by atoms with Gasteiger partial charge >= 0.3 is 0 Å². The van der Waals surface area contributed by atoms with E-state index < -0.39 is 66.1 Å². The number of aliphatic hydroxyl groups is 3. The van der Waals surface area contributed by atoms with Crippen LogP contribution in [0.15, 0.2) is 0 Å². The first-order chi connectivity index (χ1) is 21.3. The van der Waals surface area contributed by atoms with Gasteiger partial charge in [-0.1, -0.05) is 20.8 Å². The third kappa shape index (κ3) is 9.17. The van der Waals surface area contributed by atoms with Gasteiger partial charge in [0.2, 0.25) is 11.8 Å². The first kappa shape index (κ1) is 39.0. The maximum absolute atomic E-state index is 13.6. The Morgan fingerprint density at radius 1 is 1.02 bits per heavy atom. The summed E-state index contributed by atoms with van der Waals surface area (Å²) < 4.78 is 31.2. The fourth-order valence-electron chi connectivity index (χ4n) is 7.52. The number of methoxy groups -OCH3 is 1. The Morgan fingerprint density at radius 3 is 2.28 bits per heavy atom. The summed E-state index contributed by atoms with van der Waals surface area (Å²) in [7, 11) is 7.03. The number of hydrogen-bond acceptors (Lipinski definition) is 11. The number of hydrogen-bond donors (Lipinski definition) is 4. The van der Waals surface area contributed by atoms with E-state index in [1.165, 1.54) is 7.11 Å². The van der Waals surface area contributed by atoms with Crippen molar-refractivity contribution in [1.82, 2.24) is 15.1 Å². The zero-order valence-electron chi connectivity index (χ0n) is 29.8. The van der Waals surface area contributed by atoms with E-state index in [9.17, 15) is 24.9 Å². The van der Waals surface area contributed by atoms with Crippen LogP contribution in [0.25, 0.3) is 0 Å². The van der Waals surface area contributed by atoms with Crippen LogP contribution >= 0.6 is 0 Å². The number of aliphatic hydroxyl groups excluding tert-OH is 2. The second kappa shape index (κ2) is 15.9. The third-order valence-corrected chi connectivity index (χ3v) is 10.3. The Bertz CT molecular complexity index is 1020. The molecule has 4 N–H and O–H groups in total. The predicted molar refractivity (Wildman–Crippen MR) is 171 cm³/mol. The van der Waals surface area contributed by atoms with Crippen molar-refractivity contribution < 1.29 is 48.6 Å². The van der Waals surface area contributed by atoms with Crippen LogP contribution in [0.4, 0.5) is 0 Å². The van der Waals surface area contributed by atoms with Crippen LogP contribution in [0.3, 0.4) is 0 Å². The molecule has 0 bridgehead atoms. The zero-order chi connectivity index (χ0) is 34.7. The number of nitrogens with one attached hydrogen (secondary N) is 1. The van der Waals surface area contributed by atoms with Gasteiger partial charge in [-0.05, 0) is 60.5 Å². The number of rotatable bonds is 6. The molecule has 0 unspecified atom stereocenters. The second-order valence-corrected chi connectivity index (χ2v) is 14.8. The topological polar surface area (TPSA) is 159 Å². The Morgan fingerprint density at radius 2 is 1.67 bits per heavy atom. The van der Waals surface area contributed by atoms with E-state index in [1.807, 2.05) is 39.8 Å². The maximum Gasteiger partial charge on any atom is 0.225 e. The van der Waals surface area contributed by atoms with Crippen molar-refractivity contribution in [2.75, 3.05) is 41.3 Å². The Hall–Kier alpha value is -1.42. The van der Waals surface area contributed by atoms with Crippen molar-refractivity contribution in [2.45, 2.75) is 141 Å². The molecule has 3 saturated heterocycles. The Labute approximate surface area is 275 Å². The number of nitrogens with zero attached hydrogens (tertiary/aromatic N) is 2. The number of carbonyl (C=O) groups is 2. The predicted octanol–water partition coefficient (Wildman–Crippen LogP) is 1.11. The molecule has 0 radical (unpaired) electrons. The molecule has 0 saturated carbocycles. The van der Waals surface area contributed by atoms with Crippen LogP contribution in [-0.4, -0.2) is 145 Å². The van der Waals surface area contributed by atoms with Crippen molar-refractivity contribution in [3.8, 4) is 0 Å². The lowest BCUT2D eigenvalue weighted by molar-refractivity contribution is -0.317. The van der Waals surface area contributed by atoms with Gasteiger partial charge in [0.1, 0.15) is 12.2 Å². The molecular weight excluding hydrogens is 598 g/mol. The minimum Gasteiger partial charge on any atom is -0.387 e. The molecule has 0 aromatic heterocycles. The van der Waals surface area contributed by atoms with Gasteiger partial charge in [-0.3, -0.25) is 9.59 Å². The normalized spacial score (nSPS) is 45.8. The van der Waals surface area contributed by atoms with Crippen molar-refractivity contribution >= 4 is 11.8 Å². The van der Waals surface area contributed by atoms with E-state index >= 15 is 0 Å². The molecule has 3 aliphatic rings. The minimum absolute atomic E-state index is 0.116. The van der Waals surface area contributed by atoms with Crippen LogP contribution in [0.2, 0.25) is 0 Å². The summed E-state index contributed by atoms with van der Waals surface area (Å²) in [6, 6.07) is -0.238. The largest absolute Gasteiger partial charge is 0.387 e. The highest BCUT2D eigenvalue weighted by molar-refractivity contribution is 5.80. The second-order valence-electron chi connectivity index (χ2n) is 14.8. The highest BCUT2D eigenvalue weighted by atomic mass is 16.7. The number of ether oxygens (including phenoxy) is 5. The monoisotopic (exact) mass is 659 g/mol. The number of amides is 2. The van der Waals surface area contributed by atoms with Crippen LogP contribution in [0, 0.1) is 17.8 Å². The lowest BCUT2D eigenvalue weighted by Gasteiger charge is -2.49. The summed E-state index contributed by atoms with van der Waals surface area (Å²) >= 11 is 0. The molecule has 0 spiro atoms. The van der Waals surface area contributed by atoms with E-state index in [1.54, 1.807) is 39.6 Å². The summed E-state index contributed by atoms with van der Waals surface area (Å²) in [5.74, 6) is -1.96. The van der Waals surface area contributed by atoms with E-state index in [0.717, 1.165) is 0 Å². The number of likely N-dealkylation sites (N-methyl/N-ethyl adjacent to an activating group) is 1. The van der Waals surface area contributed by atoms with Crippen LogP contribution in [-0.2, 0) is 33.3 Å². The highest BCUT2D eigenvalue weighted by Gasteiger charge is 2.51. The Balaban J connectivity index is 2.06. The molecule has 3 rings (SSSR count). The molecule has 0 aromatic carbocycles. The molecular formula is C33H61N3O10. The molecule has 13 heteroatoms. The van der Waals surface area contributed by atoms with E-state index in [4.69, 9.17) is 23.7 Å². The van der Waals surface area contributed by atoms with Gasteiger partial charge in [-0.15, -0.1) is 0 Å². The van der Waals surface area contributed by atoms with Crippen molar-refractivity contribution in [1.29, 1.82) is 0 Å². The molecule has 14 atom stereocenters. The van der Waals surface area contributed by atoms with Gasteiger partial charge in [0.25, 0.3) is 0 Å². The molecule has 0 aliphatic carbocycles. The van der Waals surface area contributed by atoms with Crippen LogP contribution < -0.4 is 5.32 Å². The minimum atomic E-state index is -1.50. The average molecular weight is 660 g/mol. The highest BCUT2D eigenvalue weighted by Crippen LogP contribution is 2.39. The summed E-state index contributed by atoms with van der Waals surface area (Å²) in [5, 5.41) is 37.3. The average Bonchev–Trinajstić information content (AvgIpc) is 2.96. The van der Waals surface area contributed by atoms with Crippen LogP contribution in [0.1, 0.15) is 74.1 Å². The van der Waals surface area contributed by atoms with Gasteiger partial charge in [-0.25, -0.2) is 0 Å².